The first-order valence-corrected chi connectivity index (χ1v) is 6.97. The van der Waals surface area contributed by atoms with Gasteiger partial charge in [0.05, 0.1) is 4.88 Å². The number of amides is 1. The number of carbonyl (C=O) groups is 2. The third kappa shape index (κ3) is 2.78. The second-order valence-corrected chi connectivity index (χ2v) is 5.37. The number of carboxylic acids is 1. The zero-order valence-electron chi connectivity index (χ0n) is 10.5. The van der Waals surface area contributed by atoms with E-state index in [0.29, 0.717) is 16.3 Å². The molecule has 100 valence electrons. The van der Waals surface area contributed by atoms with Gasteiger partial charge in [-0.15, -0.1) is 17.1 Å². The van der Waals surface area contributed by atoms with E-state index >= 15 is 0 Å². The SMILES string of the molecule is C=C=CCNC(=O)c1sc(C(=O)O)c2c1CCCC2. The van der Waals surface area contributed by atoms with Crippen LogP contribution in [-0.4, -0.2) is 23.5 Å². The van der Waals surface area contributed by atoms with Gasteiger partial charge in [0.15, 0.2) is 0 Å². The molecule has 0 radical (unpaired) electrons. The third-order valence-electron chi connectivity index (χ3n) is 3.13. The van der Waals surface area contributed by atoms with E-state index < -0.39 is 5.97 Å². The molecule has 2 N–H and O–H groups in total. The van der Waals surface area contributed by atoms with Crippen LogP contribution in [0, 0.1) is 0 Å². The molecule has 0 unspecified atom stereocenters. The fourth-order valence-corrected chi connectivity index (χ4v) is 3.44. The number of fused-ring (bicyclic) bond motifs is 1. The topological polar surface area (TPSA) is 66.4 Å². The lowest BCUT2D eigenvalue weighted by Crippen LogP contribution is -2.23. The van der Waals surface area contributed by atoms with Crippen LogP contribution in [0.4, 0.5) is 0 Å². The minimum absolute atomic E-state index is 0.206. The Labute approximate surface area is 115 Å². The number of hydrogen-bond donors (Lipinski definition) is 2. The molecule has 19 heavy (non-hydrogen) atoms. The van der Waals surface area contributed by atoms with E-state index in [1.807, 2.05) is 0 Å². The van der Waals surface area contributed by atoms with Gasteiger partial charge in [-0.05, 0) is 42.9 Å². The molecule has 0 fully saturated rings. The van der Waals surface area contributed by atoms with Gasteiger partial charge in [0.25, 0.3) is 5.91 Å². The van der Waals surface area contributed by atoms with Crippen LogP contribution in [0.15, 0.2) is 18.4 Å². The average molecular weight is 277 g/mol. The molecule has 2 rings (SSSR count). The average Bonchev–Trinajstić information content (AvgIpc) is 2.78. The summed E-state index contributed by atoms with van der Waals surface area (Å²) in [6, 6.07) is 0. The lowest BCUT2D eigenvalue weighted by atomic mass is 9.92. The van der Waals surface area contributed by atoms with Crippen molar-refractivity contribution < 1.29 is 14.7 Å². The van der Waals surface area contributed by atoms with E-state index in [2.05, 4.69) is 17.6 Å². The first kappa shape index (κ1) is 13.6. The van der Waals surface area contributed by atoms with E-state index in [9.17, 15) is 14.7 Å². The van der Waals surface area contributed by atoms with Crippen LogP contribution in [0.2, 0.25) is 0 Å². The monoisotopic (exact) mass is 277 g/mol. The summed E-state index contributed by atoms with van der Waals surface area (Å²) in [7, 11) is 0. The van der Waals surface area contributed by atoms with E-state index in [1.165, 1.54) is 0 Å². The Morgan fingerprint density at radius 3 is 2.53 bits per heavy atom. The minimum atomic E-state index is -0.937. The number of aromatic carboxylic acids is 1. The lowest BCUT2D eigenvalue weighted by Gasteiger charge is -2.13. The summed E-state index contributed by atoms with van der Waals surface area (Å²) in [4.78, 5) is 24.2. The largest absolute Gasteiger partial charge is 0.477 e. The van der Waals surface area contributed by atoms with Crippen molar-refractivity contribution in [3.63, 3.8) is 0 Å². The molecule has 1 aliphatic carbocycles. The van der Waals surface area contributed by atoms with Gasteiger partial charge in [0, 0.05) is 6.54 Å². The zero-order valence-corrected chi connectivity index (χ0v) is 11.3. The van der Waals surface area contributed by atoms with E-state index in [1.54, 1.807) is 6.08 Å². The summed E-state index contributed by atoms with van der Waals surface area (Å²) in [6.45, 7) is 3.78. The number of hydrogen-bond acceptors (Lipinski definition) is 3. The van der Waals surface area contributed by atoms with E-state index in [4.69, 9.17) is 0 Å². The quantitative estimate of drug-likeness (QED) is 0.830. The van der Waals surface area contributed by atoms with Gasteiger partial charge < -0.3 is 10.4 Å². The summed E-state index contributed by atoms with van der Waals surface area (Å²) < 4.78 is 0. The molecule has 1 aromatic rings. The Hall–Kier alpha value is -1.84. The molecule has 1 aromatic heterocycles. The normalized spacial score (nSPS) is 13.3. The summed E-state index contributed by atoms with van der Waals surface area (Å²) >= 11 is 1.09. The molecule has 1 amide bonds. The molecule has 1 heterocycles. The Morgan fingerprint density at radius 1 is 1.32 bits per heavy atom. The fourth-order valence-electron chi connectivity index (χ4n) is 2.28. The van der Waals surface area contributed by atoms with Crippen LogP contribution in [-0.2, 0) is 12.8 Å². The van der Waals surface area contributed by atoms with Gasteiger partial charge in [0.2, 0.25) is 0 Å². The van der Waals surface area contributed by atoms with Crippen molar-refractivity contribution >= 4 is 23.2 Å². The highest BCUT2D eigenvalue weighted by atomic mass is 32.1. The van der Waals surface area contributed by atoms with Crippen LogP contribution >= 0.6 is 11.3 Å². The summed E-state index contributed by atoms with van der Waals surface area (Å²) in [5.74, 6) is -1.14. The first-order valence-electron chi connectivity index (χ1n) is 6.15. The Morgan fingerprint density at radius 2 is 1.95 bits per heavy atom. The zero-order chi connectivity index (χ0) is 13.8. The molecule has 0 aromatic carbocycles. The Kier molecular flexibility index (Phi) is 4.20. The predicted octanol–water partition coefficient (Wildman–Crippen LogP) is 2.40. The van der Waals surface area contributed by atoms with E-state index in [0.717, 1.165) is 48.1 Å². The molecular formula is C14H15NO3S. The maximum Gasteiger partial charge on any atom is 0.346 e. The van der Waals surface area contributed by atoms with Crippen molar-refractivity contribution in [1.82, 2.24) is 5.32 Å². The highest BCUT2D eigenvalue weighted by Crippen LogP contribution is 2.34. The third-order valence-corrected chi connectivity index (χ3v) is 4.39. The lowest BCUT2D eigenvalue weighted by molar-refractivity contribution is 0.0700. The van der Waals surface area contributed by atoms with Gasteiger partial charge in [0.1, 0.15) is 4.88 Å². The summed E-state index contributed by atoms with van der Waals surface area (Å²) in [5.41, 5.74) is 4.36. The summed E-state index contributed by atoms with van der Waals surface area (Å²) in [6.07, 6.45) is 5.17. The van der Waals surface area contributed by atoms with Crippen molar-refractivity contribution in [3.8, 4) is 0 Å². The Bertz CT molecular complexity index is 567. The molecular weight excluding hydrogens is 262 g/mol. The van der Waals surface area contributed by atoms with Crippen molar-refractivity contribution in [2.24, 2.45) is 0 Å². The Balaban J connectivity index is 2.32. The smallest absolute Gasteiger partial charge is 0.346 e. The molecule has 5 heteroatoms. The number of rotatable bonds is 4. The molecule has 0 bridgehead atoms. The summed E-state index contributed by atoms with van der Waals surface area (Å²) in [5, 5.41) is 11.9. The molecule has 0 atom stereocenters. The van der Waals surface area contributed by atoms with E-state index in [-0.39, 0.29) is 5.91 Å². The molecule has 0 aliphatic heterocycles. The number of carboxylic acid groups (broad SMARTS) is 1. The van der Waals surface area contributed by atoms with Crippen LogP contribution in [0.25, 0.3) is 0 Å². The van der Waals surface area contributed by atoms with Crippen molar-refractivity contribution in [2.45, 2.75) is 25.7 Å². The molecule has 4 nitrogen and oxygen atoms in total. The van der Waals surface area contributed by atoms with Crippen molar-refractivity contribution in [1.29, 1.82) is 0 Å². The van der Waals surface area contributed by atoms with Crippen molar-refractivity contribution in [3.05, 3.63) is 39.3 Å². The minimum Gasteiger partial charge on any atom is -0.477 e. The predicted molar refractivity (Wildman–Crippen MR) is 74.0 cm³/mol. The van der Waals surface area contributed by atoms with Crippen LogP contribution in [0.3, 0.4) is 0 Å². The van der Waals surface area contributed by atoms with Gasteiger partial charge in [-0.1, -0.05) is 6.58 Å². The number of nitrogens with one attached hydrogen (secondary N) is 1. The second-order valence-electron chi connectivity index (χ2n) is 4.35. The second kappa shape index (κ2) is 5.87. The van der Waals surface area contributed by atoms with Gasteiger partial charge >= 0.3 is 5.97 Å². The standard InChI is InChI=1S/C14H15NO3S/c1-2-3-8-15-13(16)11-9-6-4-5-7-10(9)12(19-11)14(17)18/h3H,1,4-8H2,(H,15,16)(H,17,18). The van der Waals surface area contributed by atoms with Crippen molar-refractivity contribution in [2.75, 3.05) is 6.54 Å². The first-order chi connectivity index (χ1) is 9.15. The molecule has 1 aliphatic rings. The van der Waals surface area contributed by atoms with Gasteiger partial charge in [-0.25, -0.2) is 4.79 Å². The number of thiophene rings is 1. The van der Waals surface area contributed by atoms with Crippen LogP contribution in [0.5, 0.6) is 0 Å². The maximum atomic E-state index is 12.1. The van der Waals surface area contributed by atoms with Crippen LogP contribution in [0.1, 0.15) is 43.3 Å². The number of carbonyl (C=O) groups excluding carboxylic acids is 1. The molecule has 0 spiro atoms. The maximum absolute atomic E-state index is 12.1. The molecule has 0 saturated heterocycles. The highest BCUT2D eigenvalue weighted by Gasteiger charge is 2.27. The molecule has 0 saturated carbocycles. The van der Waals surface area contributed by atoms with Crippen LogP contribution < -0.4 is 5.32 Å². The highest BCUT2D eigenvalue weighted by molar-refractivity contribution is 7.16. The van der Waals surface area contributed by atoms with Gasteiger partial charge in [-0.2, -0.15) is 0 Å². The fraction of sp³-hybridized carbons (Fsp3) is 0.357. The van der Waals surface area contributed by atoms with Gasteiger partial charge in [-0.3, -0.25) is 4.79 Å².